The van der Waals surface area contributed by atoms with Crippen LogP contribution >= 0.6 is 9.03 Å². The van der Waals surface area contributed by atoms with Gasteiger partial charge >= 0.3 is 0 Å². The van der Waals surface area contributed by atoms with Gasteiger partial charge in [0.1, 0.15) is 0 Å². The van der Waals surface area contributed by atoms with Crippen molar-refractivity contribution in [2.24, 2.45) is 5.92 Å². The van der Waals surface area contributed by atoms with Crippen LogP contribution < -0.4 is 0 Å². The number of rotatable bonds is 6. The Morgan fingerprint density at radius 2 is 1.54 bits per heavy atom. The maximum atomic E-state index is 9.31. The van der Waals surface area contributed by atoms with Crippen molar-refractivity contribution in [3.05, 3.63) is 34.9 Å². The summed E-state index contributed by atoms with van der Waals surface area (Å²) in [4.78, 5) is 9.31. The Morgan fingerprint density at radius 3 is 2.04 bits per heavy atom. The number of benzene rings is 1. The first kappa shape index (κ1) is 19.9. The van der Waals surface area contributed by atoms with Crippen molar-refractivity contribution < 1.29 is 9.42 Å². The summed E-state index contributed by atoms with van der Waals surface area (Å²) in [7, 11) is -0.401. The van der Waals surface area contributed by atoms with Crippen LogP contribution in [-0.2, 0) is 9.94 Å². The topological polar surface area (TPSA) is 29.5 Å². The Kier molecular flexibility index (Phi) is 6.88. The highest BCUT2D eigenvalue weighted by Crippen LogP contribution is 2.44. The zero-order valence-electron chi connectivity index (χ0n) is 16.2. The Balaban J connectivity index is 2.42. The number of hydrogen-bond acceptors (Lipinski definition) is 2. The van der Waals surface area contributed by atoms with Crippen molar-refractivity contribution in [1.82, 2.24) is 0 Å². The SMILES string of the molecule is CC(C)c1cc(C(C)C)cc(C(C)(C)C2CCCCC2OPO)c1. The molecular weight excluding hydrogens is 315 g/mol. The van der Waals surface area contributed by atoms with Gasteiger partial charge in [-0.2, -0.15) is 0 Å². The van der Waals surface area contributed by atoms with E-state index in [1.165, 1.54) is 36.0 Å². The molecule has 0 aromatic heterocycles. The normalized spacial score (nSPS) is 22.9. The molecule has 1 fully saturated rings. The fourth-order valence-corrected chi connectivity index (χ4v) is 4.48. The number of hydrogen-bond donors (Lipinski definition) is 1. The highest BCUT2D eigenvalue weighted by Gasteiger charge is 2.39. The molecule has 1 aromatic carbocycles. The predicted molar refractivity (Wildman–Crippen MR) is 105 cm³/mol. The zero-order chi connectivity index (χ0) is 17.9. The summed E-state index contributed by atoms with van der Waals surface area (Å²) in [6, 6.07) is 7.19. The van der Waals surface area contributed by atoms with Gasteiger partial charge < -0.3 is 9.42 Å². The summed E-state index contributed by atoms with van der Waals surface area (Å²) in [5.74, 6) is 1.54. The first-order valence-electron chi connectivity index (χ1n) is 9.47. The van der Waals surface area contributed by atoms with Gasteiger partial charge in [-0.1, -0.05) is 72.6 Å². The molecule has 0 radical (unpaired) electrons. The van der Waals surface area contributed by atoms with Crippen LogP contribution in [0.15, 0.2) is 18.2 Å². The third-order valence-corrected chi connectivity index (χ3v) is 6.30. The van der Waals surface area contributed by atoms with Crippen LogP contribution in [0.1, 0.15) is 95.8 Å². The van der Waals surface area contributed by atoms with E-state index in [0.29, 0.717) is 17.8 Å². The lowest BCUT2D eigenvalue weighted by Gasteiger charge is -2.42. The Bertz CT molecular complexity index is 508. The van der Waals surface area contributed by atoms with Gasteiger partial charge in [-0.3, -0.25) is 0 Å². The molecule has 0 aliphatic heterocycles. The molecule has 1 N–H and O–H groups in total. The van der Waals surface area contributed by atoms with E-state index >= 15 is 0 Å². The van der Waals surface area contributed by atoms with Crippen LogP contribution in [0, 0.1) is 5.92 Å². The molecule has 0 spiro atoms. The molecule has 3 atom stereocenters. The minimum absolute atomic E-state index is 0.0548. The molecule has 1 aromatic rings. The van der Waals surface area contributed by atoms with Crippen LogP contribution in [0.4, 0.5) is 0 Å². The fourth-order valence-electron chi connectivity index (χ4n) is 4.06. The van der Waals surface area contributed by atoms with Crippen molar-refractivity contribution in [2.75, 3.05) is 0 Å². The second kappa shape index (κ2) is 8.30. The molecule has 24 heavy (non-hydrogen) atoms. The van der Waals surface area contributed by atoms with Crippen LogP contribution in [-0.4, -0.2) is 11.0 Å². The molecule has 3 heteroatoms. The third-order valence-electron chi connectivity index (χ3n) is 5.89. The molecule has 0 heterocycles. The van der Waals surface area contributed by atoms with Gasteiger partial charge in [-0.05, 0) is 52.7 Å². The lowest BCUT2D eigenvalue weighted by atomic mass is 9.65. The quantitative estimate of drug-likeness (QED) is 0.611. The van der Waals surface area contributed by atoms with Crippen molar-refractivity contribution in [1.29, 1.82) is 0 Å². The molecule has 2 nitrogen and oxygen atoms in total. The predicted octanol–water partition coefficient (Wildman–Crippen LogP) is 6.29. The summed E-state index contributed by atoms with van der Waals surface area (Å²) in [6.45, 7) is 13.8. The lowest BCUT2D eigenvalue weighted by Crippen LogP contribution is -2.40. The summed E-state index contributed by atoms with van der Waals surface area (Å²) in [5, 5.41) is 0. The lowest BCUT2D eigenvalue weighted by molar-refractivity contribution is 0.0575. The Hall–Kier alpha value is -0.430. The summed E-state index contributed by atoms with van der Waals surface area (Å²) in [6.07, 6.45) is 4.92. The average Bonchev–Trinajstić information content (AvgIpc) is 2.55. The van der Waals surface area contributed by atoms with E-state index < -0.39 is 9.03 Å². The van der Waals surface area contributed by atoms with Gasteiger partial charge in [0.25, 0.3) is 0 Å². The molecule has 136 valence electrons. The highest BCUT2D eigenvalue weighted by atomic mass is 31.1. The van der Waals surface area contributed by atoms with Crippen molar-refractivity contribution in [3.8, 4) is 0 Å². The Labute approximate surface area is 150 Å². The second-order valence-electron chi connectivity index (χ2n) is 8.56. The minimum atomic E-state index is -0.401. The molecule has 1 saturated carbocycles. The molecule has 0 bridgehead atoms. The van der Waals surface area contributed by atoms with E-state index in [2.05, 4.69) is 59.7 Å². The van der Waals surface area contributed by atoms with Crippen molar-refractivity contribution in [3.63, 3.8) is 0 Å². The highest BCUT2D eigenvalue weighted by molar-refractivity contribution is 7.25. The standard InChI is InChI=1S/C21H35O2P/c1-14(2)16-11-17(15(3)4)13-18(12-16)21(5,6)19-9-7-8-10-20(19)23-24-22/h11-15,19-20,22,24H,7-10H2,1-6H3. The smallest absolute Gasteiger partial charge is 0.152 e. The molecule has 1 aliphatic rings. The monoisotopic (exact) mass is 350 g/mol. The van der Waals surface area contributed by atoms with E-state index in [1.807, 2.05) is 0 Å². The van der Waals surface area contributed by atoms with E-state index in [-0.39, 0.29) is 11.5 Å². The van der Waals surface area contributed by atoms with Crippen molar-refractivity contribution in [2.45, 2.75) is 90.6 Å². The van der Waals surface area contributed by atoms with Crippen LogP contribution in [0.5, 0.6) is 0 Å². The van der Waals surface area contributed by atoms with Gasteiger partial charge in [-0.25, -0.2) is 0 Å². The van der Waals surface area contributed by atoms with E-state index in [1.54, 1.807) is 0 Å². The van der Waals surface area contributed by atoms with Gasteiger partial charge in [0, 0.05) is 0 Å². The zero-order valence-corrected chi connectivity index (χ0v) is 17.2. The van der Waals surface area contributed by atoms with Crippen LogP contribution in [0.3, 0.4) is 0 Å². The summed E-state index contributed by atoms with van der Waals surface area (Å²) < 4.78 is 5.74. The van der Waals surface area contributed by atoms with Crippen LogP contribution in [0.2, 0.25) is 0 Å². The van der Waals surface area contributed by atoms with E-state index in [4.69, 9.17) is 4.52 Å². The van der Waals surface area contributed by atoms with E-state index in [9.17, 15) is 4.89 Å². The van der Waals surface area contributed by atoms with Crippen molar-refractivity contribution >= 4 is 9.03 Å². The van der Waals surface area contributed by atoms with E-state index in [0.717, 1.165) is 6.42 Å². The first-order chi connectivity index (χ1) is 11.3. The second-order valence-corrected chi connectivity index (χ2v) is 8.98. The molecular formula is C21H35O2P. The Morgan fingerprint density at radius 1 is 1.00 bits per heavy atom. The van der Waals surface area contributed by atoms with Gasteiger partial charge in [-0.15, -0.1) is 0 Å². The summed E-state index contributed by atoms with van der Waals surface area (Å²) in [5.41, 5.74) is 4.35. The van der Waals surface area contributed by atoms with Gasteiger partial charge in [0.2, 0.25) is 0 Å². The largest absolute Gasteiger partial charge is 0.352 e. The maximum absolute atomic E-state index is 9.31. The molecule has 3 unspecified atom stereocenters. The molecule has 1 aliphatic carbocycles. The maximum Gasteiger partial charge on any atom is 0.152 e. The first-order valence-corrected chi connectivity index (χ1v) is 10.3. The molecule has 0 amide bonds. The average molecular weight is 350 g/mol. The van der Waals surface area contributed by atoms with Gasteiger partial charge in [0.05, 0.1) is 6.10 Å². The summed E-state index contributed by atoms with van der Waals surface area (Å²) >= 11 is 0. The third kappa shape index (κ3) is 4.40. The minimum Gasteiger partial charge on any atom is -0.352 e. The molecule has 2 rings (SSSR count). The van der Waals surface area contributed by atoms with Crippen LogP contribution in [0.25, 0.3) is 0 Å². The van der Waals surface area contributed by atoms with Gasteiger partial charge in [0.15, 0.2) is 9.03 Å². The molecule has 0 saturated heterocycles. The fraction of sp³-hybridized carbons (Fsp3) is 0.714.